The van der Waals surface area contributed by atoms with Crippen molar-refractivity contribution in [3.05, 3.63) is 30.3 Å². The van der Waals surface area contributed by atoms with Crippen molar-refractivity contribution in [3.8, 4) is 0 Å². The third-order valence-corrected chi connectivity index (χ3v) is 4.64. The van der Waals surface area contributed by atoms with Crippen LogP contribution in [0.2, 0.25) is 0 Å². The van der Waals surface area contributed by atoms with E-state index in [1.807, 2.05) is 35.2 Å². The van der Waals surface area contributed by atoms with Gasteiger partial charge in [-0.25, -0.2) is 0 Å². The Morgan fingerprint density at radius 3 is 2.48 bits per heavy atom. The van der Waals surface area contributed by atoms with E-state index < -0.39 is 0 Å². The molecular formula is C17H22N2O2. The van der Waals surface area contributed by atoms with Gasteiger partial charge in [0.15, 0.2) is 0 Å². The molecule has 0 N–H and O–H groups in total. The lowest BCUT2D eigenvalue weighted by atomic mass is 9.97. The molecule has 2 saturated heterocycles. The van der Waals surface area contributed by atoms with E-state index in [2.05, 4.69) is 6.92 Å². The van der Waals surface area contributed by atoms with Crippen molar-refractivity contribution in [1.82, 2.24) is 4.90 Å². The van der Waals surface area contributed by atoms with Crippen molar-refractivity contribution in [3.63, 3.8) is 0 Å². The molecule has 2 aliphatic rings. The summed E-state index contributed by atoms with van der Waals surface area (Å²) < 4.78 is 0. The number of likely N-dealkylation sites (tertiary alicyclic amines) is 1. The van der Waals surface area contributed by atoms with E-state index in [1.165, 1.54) is 0 Å². The normalized spacial score (nSPS) is 23.7. The minimum Gasteiger partial charge on any atom is -0.342 e. The largest absolute Gasteiger partial charge is 0.342 e. The van der Waals surface area contributed by atoms with Crippen molar-refractivity contribution < 1.29 is 9.59 Å². The van der Waals surface area contributed by atoms with Gasteiger partial charge < -0.3 is 9.80 Å². The summed E-state index contributed by atoms with van der Waals surface area (Å²) in [5.74, 6) is 0.754. The first-order chi connectivity index (χ1) is 10.1. The van der Waals surface area contributed by atoms with E-state index in [1.54, 1.807) is 4.90 Å². The van der Waals surface area contributed by atoms with Crippen LogP contribution in [-0.4, -0.2) is 36.3 Å². The molecule has 0 saturated carbocycles. The average Bonchev–Trinajstić information content (AvgIpc) is 2.90. The number of hydrogen-bond acceptors (Lipinski definition) is 2. The number of anilines is 1. The maximum atomic E-state index is 12.6. The lowest BCUT2D eigenvalue weighted by Crippen LogP contribution is -2.42. The van der Waals surface area contributed by atoms with Crippen molar-refractivity contribution in [2.75, 3.05) is 24.5 Å². The van der Waals surface area contributed by atoms with Gasteiger partial charge in [-0.1, -0.05) is 25.1 Å². The van der Waals surface area contributed by atoms with Crippen molar-refractivity contribution in [2.45, 2.75) is 26.2 Å². The second-order valence-electron chi connectivity index (χ2n) is 6.25. The summed E-state index contributed by atoms with van der Waals surface area (Å²) in [5, 5.41) is 0. The van der Waals surface area contributed by atoms with Crippen molar-refractivity contribution in [1.29, 1.82) is 0 Å². The van der Waals surface area contributed by atoms with Gasteiger partial charge in [0.25, 0.3) is 0 Å². The number of piperidine rings is 1. The quantitative estimate of drug-likeness (QED) is 0.837. The molecule has 0 unspecified atom stereocenters. The summed E-state index contributed by atoms with van der Waals surface area (Å²) in [5.41, 5.74) is 0.894. The number of benzene rings is 1. The summed E-state index contributed by atoms with van der Waals surface area (Å²) >= 11 is 0. The molecule has 4 nitrogen and oxygen atoms in total. The molecule has 2 amide bonds. The van der Waals surface area contributed by atoms with Gasteiger partial charge >= 0.3 is 0 Å². The molecule has 1 aromatic rings. The molecule has 0 bridgehead atoms. The Hall–Kier alpha value is -1.84. The molecule has 112 valence electrons. The molecule has 1 atom stereocenters. The molecule has 2 heterocycles. The second kappa shape index (κ2) is 5.88. The summed E-state index contributed by atoms with van der Waals surface area (Å²) in [6.45, 7) is 4.44. The number of amides is 2. The van der Waals surface area contributed by atoms with Crippen LogP contribution < -0.4 is 4.90 Å². The van der Waals surface area contributed by atoms with E-state index in [0.29, 0.717) is 18.9 Å². The van der Waals surface area contributed by atoms with E-state index in [-0.39, 0.29) is 17.7 Å². The number of para-hydroxylation sites is 1. The number of nitrogens with zero attached hydrogens (tertiary/aromatic N) is 2. The minimum absolute atomic E-state index is 0.0601. The van der Waals surface area contributed by atoms with Crippen LogP contribution in [0.1, 0.15) is 26.2 Å². The third kappa shape index (κ3) is 2.94. The Morgan fingerprint density at radius 2 is 1.81 bits per heavy atom. The smallest absolute Gasteiger partial charge is 0.228 e. The zero-order valence-corrected chi connectivity index (χ0v) is 12.5. The molecule has 4 heteroatoms. The van der Waals surface area contributed by atoms with Gasteiger partial charge in [-0.15, -0.1) is 0 Å². The Bertz CT molecular complexity index is 521. The maximum absolute atomic E-state index is 12.6. The first kappa shape index (κ1) is 14.1. The number of carbonyl (C=O) groups is 2. The summed E-state index contributed by atoms with van der Waals surface area (Å²) in [4.78, 5) is 28.5. The van der Waals surface area contributed by atoms with Gasteiger partial charge in [0.05, 0.1) is 5.92 Å². The first-order valence-corrected chi connectivity index (χ1v) is 7.79. The molecule has 0 aliphatic carbocycles. The topological polar surface area (TPSA) is 40.6 Å². The third-order valence-electron chi connectivity index (χ3n) is 4.64. The Kier molecular flexibility index (Phi) is 3.95. The lowest BCUT2D eigenvalue weighted by molar-refractivity contribution is -0.137. The number of hydrogen-bond donors (Lipinski definition) is 0. The van der Waals surface area contributed by atoms with Gasteiger partial charge in [0, 0.05) is 31.7 Å². The van der Waals surface area contributed by atoms with Crippen LogP contribution in [0.15, 0.2) is 30.3 Å². The van der Waals surface area contributed by atoms with E-state index in [9.17, 15) is 9.59 Å². The Morgan fingerprint density at radius 1 is 1.14 bits per heavy atom. The van der Waals surface area contributed by atoms with Crippen LogP contribution in [0.25, 0.3) is 0 Å². The molecule has 3 rings (SSSR count). The van der Waals surface area contributed by atoms with Crippen LogP contribution in [0.5, 0.6) is 0 Å². The highest BCUT2D eigenvalue weighted by Crippen LogP contribution is 2.27. The number of rotatable bonds is 2. The van der Waals surface area contributed by atoms with Crippen molar-refractivity contribution in [2.24, 2.45) is 11.8 Å². The molecule has 0 aromatic heterocycles. The molecule has 21 heavy (non-hydrogen) atoms. The highest BCUT2D eigenvalue weighted by molar-refractivity contribution is 6.00. The van der Waals surface area contributed by atoms with E-state index in [0.717, 1.165) is 31.6 Å². The Balaban J connectivity index is 1.66. The monoisotopic (exact) mass is 286 g/mol. The molecule has 0 spiro atoms. The van der Waals surface area contributed by atoms with E-state index in [4.69, 9.17) is 0 Å². The minimum atomic E-state index is -0.175. The SMILES string of the molecule is CC1CCN(C(=O)[C@H]2CC(=O)N(c3ccccc3)C2)CC1. The summed E-state index contributed by atoms with van der Waals surface area (Å²) in [6.07, 6.45) is 2.50. The molecular weight excluding hydrogens is 264 g/mol. The zero-order valence-electron chi connectivity index (χ0n) is 12.5. The van der Waals surface area contributed by atoms with Crippen LogP contribution in [0, 0.1) is 11.8 Å². The van der Waals surface area contributed by atoms with Gasteiger partial charge in [0.2, 0.25) is 11.8 Å². The van der Waals surface area contributed by atoms with Crippen LogP contribution in [-0.2, 0) is 9.59 Å². The standard InChI is InChI=1S/C17H22N2O2/c1-13-7-9-18(10-8-13)17(21)14-11-16(20)19(12-14)15-5-3-2-4-6-15/h2-6,13-14H,7-12H2,1H3/t14-/m0/s1. The fourth-order valence-electron chi connectivity index (χ4n) is 3.22. The predicted octanol–water partition coefficient (Wildman–Crippen LogP) is 2.30. The molecule has 2 fully saturated rings. The van der Waals surface area contributed by atoms with Gasteiger partial charge in [-0.3, -0.25) is 9.59 Å². The van der Waals surface area contributed by atoms with Crippen LogP contribution in [0.4, 0.5) is 5.69 Å². The Labute approximate surface area is 125 Å². The number of carbonyl (C=O) groups excluding carboxylic acids is 2. The molecule has 0 radical (unpaired) electrons. The lowest BCUT2D eigenvalue weighted by Gasteiger charge is -2.32. The summed E-state index contributed by atoms with van der Waals surface area (Å²) in [6, 6.07) is 9.62. The predicted molar refractivity (Wildman–Crippen MR) is 81.9 cm³/mol. The highest BCUT2D eigenvalue weighted by atomic mass is 16.2. The highest BCUT2D eigenvalue weighted by Gasteiger charge is 2.37. The average molecular weight is 286 g/mol. The van der Waals surface area contributed by atoms with E-state index >= 15 is 0 Å². The second-order valence-corrected chi connectivity index (χ2v) is 6.25. The zero-order chi connectivity index (χ0) is 14.8. The first-order valence-electron chi connectivity index (χ1n) is 7.79. The van der Waals surface area contributed by atoms with Gasteiger partial charge in [-0.05, 0) is 30.9 Å². The van der Waals surface area contributed by atoms with Crippen LogP contribution >= 0.6 is 0 Å². The van der Waals surface area contributed by atoms with Gasteiger partial charge in [-0.2, -0.15) is 0 Å². The van der Waals surface area contributed by atoms with Gasteiger partial charge in [0.1, 0.15) is 0 Å². The molecule has 2 aliphatic heterocycles. The summed E-state index contributed by atoms with van der Waals surface area (Å²) in [7, 11) is 0. The van der Waals surface area contributed by atoms with Crippen LogP contribution in [0.3, 0.4) is 0 Å². The molecule has 1 aromatic carbocycles. The fraction of sp³-hybridized carbons (Fsp3) is 0.529. The van der Waals surface area contributed by atoms with Crippen molar-refractivity contribution >= 4 is 17.5 Å². The fourth-order valence-corrected chi connectivity index (χ4v) is 3.22. The maximum Gasteiger partial charge on any atom is 0.228 e.